The molecule has 0 saturated heterocycles. The van der Waals surface area contributed by atoms with Crippen LogP contribution >= 0.6 is 0 Å². The number of hydrogen-bond acceptors (Lipinski definition) is 1. The minimum Gasteiger partial charge on any atom is -0.550 e. The molecule has 0 aliphatic rings. The minimum absolute atomic E-state index is 1.33. The normalized spacial score (nSPS) is 11.9. The van der Waals surface area contributed by atoms with Gasteiger partial charge in [-0.2, -0.15) is 0 Å². The molecule has 0 aromatic carbocycles. The fourth-order valence-corrected chi connectivity index (χ4v) is 0.786. The first-order valence-electron chi connectivity index (χ1n) is 3.01. The lowest BCUT2D eigenvalue weighted by Gasteiger charge is -2.13. The Balaban J connectivity index is 3.50. The van der Waals surface area contributed by atoms with E-state index in [2.05, 4.69) is 26.2 Å². The smallest absolute Gasteiger partial charge is 0.241 e. The van der Waals surface area contributed by atoms with E-state index in [1.165, 1.54) is 0 Å². The molecule has 0 atom stereocenters. The predicted molar refractivity (Wildman–Crippen MR) is 43.8 cm³/mol. The molecule has 0 aliphatic carbocycles. The SMILES string of the molecule is C=CC=CO[Si](C)(C)C. The van der Waals surface area contributed by atoms with E-state index in [-0.39, 0.29) is 0 Å². The highest BCUT2D eigenvalue weighted by Gasteiger charge is 2.12. The molecule has 0 aromatic heterocycles. The van der Waals surface area contributed by atoms with Gasteiger partial charge in [0.15, 0.2) is 0 Å². The first kappa shape index (κ1) is 8.50. The highest BCUT2D eigenvalue weighted by Crippen LogP contribution is 2.01. The van der Waals surface area contributed by atoms with Crippen molar-refractivity contribution >= 4 is 8.32 Å². The topological polar surface area (TPSA) is 9.23 Å². The van der Waals surface area contributed by atoms with Crippen LogP contribution in [0.25, 0.3) is 0 Å². The van der Waals surface area contributed by atoms with Crippen LogP contribution in [0.1, 0.15) is 0 Å². The molecule has 2 heteroatoms. The zero-order valence-corrected chi connectivity index (χ0v) is 7.35. The Morgan fingerprint density at radius 3 is 2.22 bits per heavy atom. The van der Waals surface area contributed by atoms with Gasteiger partial charge < -0.3 is 4.43 Å². The van der Waals surface area contributed by atoms with Crippen molar-refractivity contribution in [3.8, 4) is 0 Å². The van der Waals surface area contributed by atoms with Gasteiger partial charge in [0.25, 0.3) is 0 Å². The lowest BCUT2D eigenvalue weighted by atomic mass is 10.6. The van der Waals surface area contributed by atoms with Crippen LogP contribution in [0.5, 0.6) is 0 Å². The summed E-state index contributed by atoms with van der Waals surface area (Å²) in [6, 6.07) is 0. The molecule has 0 saturated carbocycles. The van der Waals surface area contributed by atoms with E-state index < -0.39 is 8.32 Å². The lowest BCUT2D eigenvalue weighted by molar-refractivity contribution is 0.480. The summed E-state index contributed by atoms with van der Waals surface area (Å²) < 4.78 is 5.36. The van der Waals surface area contributed by atoms with Crippen molar-refractivity contribution in [2.24, 2.45) is 0 Å². The zero-order chi connectivity index (χ0) is 7.33. The highest BCUT2D eigenvalue weighted by atomic mass is 28.4. The third-order valence-corrected chi connectivity index (χ3v) is 1.48. The van der Waals surface area contributed by atoms with Gasteiger partial charge in [0.2, 0.25) is 8.32 Å². The van der Waals surface area contributed by atoms with Gasteiger partial charge in [-0.3, -0.25) is 0 Å². The number of rotatable bonds is 3. The second-order valence-corrected chi connectivity index (χ2v) is 7.25. The molecular weight excluding hydrogens is 128 g/mol. The summed E-state index contributed by atoms with van der Waals surface area (Å²) in [5, 5.41) is 0. The molecule has 0 fully saturated rings. The summed E-state index contributed by atoms with van der Waals surface area (Å²) in [6.45, 7) is 9.95. The van der Waals surface area contributed by atoms with Crippen LogP contribution < -0.4 is 0 Å². The lowest BCUT2D eigenvalue weighted by Crippen LogP contribution is -2.21. The molecular formula is C7H14OSi. The molecule has 0 radical (unpaired) electrons. The Kier molecular flexibility index (Phi) is 3.31. The van der Waals surface area contributed by atoms with E-state index in [9.17, 15) is 0 Å². The Morgan fingerprint density at radius 2 is 1.89 bits per heavy atom. The molecule has 52 valence electrons. The Labute approximate surface area is 58.2 Å². The van der Waals surface area contributed by atoms with Crippen LogP contribution in [0.4, 0.5) is 0 Å². The third kappa shape index (κ3) is 7.50. The third-order valence-electron chi connectivity index (χ3n) is 0.636. The maximum absolute atomic E-state index is 5.36. The van der Waals surface area contributed by atoms with E-state index in [0.29, 0.717) is 0 Å². The second-order valence-electron chi connectivity index (χ2n) is 2.79. The quantitative estimate of drug-likeness (QED) is 0.334. The highest BCUT2D eigenvalue weighted by molar-refractivity contribution is 6.69. The molecule has 0 bridgehead atoms. The number of hydrogen-bond donors (Lipinski definition) is 0. The molecule has 0 aliphatic heterocycles. The minimum atomic E-state index is -1.33. The summed E-state index contributed by atoms with van der Waals surface area (Å²) in [5.41, 5.74) is 0. The first-order valence-corrected chi connectivity index (χ1v) is 6.42. The van der Waals surface area contributed by atoms with Crippen molar-refractivity contribution in [1.82, 2.24) is 0 Å². The molecule has 0 spiro atoms. The maximum atomic E-state index is 5.36. The second kappa shape index (κ2) is 3.51. The van der Waals surface area contributed by atoms with E-state index in [0.717, 1.165) is 0 Å². The summed E-state index contributed by atoms with van der Waals surface area (Å²) in [4.78, 5) is 0. The fourth-order valence-electron chi connectivity index (χ4n) is 0.299. The van der Waals surface area contributed by atoms with E-state index in [4.69, 9.17) is 4.43 Å². The van der Waals surface area contributed by atoms with Crippen LogP contribution in [-0.4, -0.2) is 8.32 Å². The van der Waals surface area contributed by atoms with Gasteiger partial charge in [-0.25, -0.2) is 0 Å². The van der Waals surface area contributed by atoms with E-state index in [1.807, 2.05) is 0 Å². The summed E-state index contributed by atoms with van der Waals surface area (Å²) in [5.74, 6) is 0. The Morgan fingerprint density at radius 1 is 1.33 bits per heavy atom. The average molecular weight is 142 g/mol. The van der Waals surface area contributed by atoms with Gasteiger partial charge in [-0.05, 0) is 25.7 Å². The van der Waals surface area contributed by atoms with E-state index in [1.54, 1.807) is 18.4 Å². The summed E-state index contributed by atoms with van der Waals surface area (Å²) in [6.07, 6.45) is 5.22. The standard InChI is InChI=1S/C7H14OSi/c1-5-6-7-8-9(2,3)4/h5-7H,1H2,2-4H3. The Bertz CT molecular complexity index is 111. The molecule has 0 aromatic rings. The van der Waals surface area contributed by atoms with Gasteiger partial charge in [-0.15, -0.1) is 0 Å². The average Bonchev–Trinajstić information content (AvgIpc) is 1.63. The molecule has 0 amide bonds. The predicted octanol–water partition coefficient (Wildman–Crippen LogP) is 2.54. The van der Waals surface area contributed by atoms with Gasteiger partial charge in [0.1, 0.15) is 0 Å². The first-order chi connectivity index (χ1) is 4.06. The summed E-state index contributed by atoms with van der Waals surface area (Å²) in [7, 11) is -1.33. The molecule has 0 rings (SSSR count). The largest absolute Gasteiger partial charge is 0.550 e. The summed E-state index contributed by atoms with van der Waals surface area (Å²) >= 11 is 0. The van der Waals surface area contributed by atoms with Crippen molar-refractivity contribution in [2.75, 3.05) is 0 Å². The van der Waals surface area contributed by atoms with Crippen LogP contribution in [-0.2, 0) is 4.43 Å². The molecule has 0 heterocycles. The van der Waals surface area contributed by atoms with Gasteiger partial charge in [0, 0.05) is 0 Å². The maximum Gasteiger partial charge on any atom is 0.241 e. The fraction of sp³-hybridized carbons (Fsp3) is 0.429. The van der Waals surface area contributed by atoms with Crippen molar-refractivity contribution < 1.29 is 4.43 Å². The van der Waals surface area contributed by atoms with E-state index >= 15 is 0 Å². The van der Waals surface area contributed by atoms with Crippen LogP contribution in [0.2, 0.25) is 19.6 Å². The zero-order valence-electron chi connectivity index (χ0n) is 6.35. The Hall–Kier alpha value is -0.503. The van der Waals surface area contributed by atoms with Gasteiger partial charge in [0.05, 0.1) is 6.26 Å². The van der Waals surface area contributed by atoms with Crippen molar-refractivity contribution in [3.63, 3.8) is 0 Å². The monoisotopic (exact) mass is 142 g/mol. The van der Waals surface area contributed by atoms with Crippen LogP contribution in [0, 0.1) is 0 Å². The number of allylic oxidation sites excluding steroid dienone is 2. The van der Waals surface area contributed by atoms with Crippen molar-refractivity contribution in [2.45, 2.75) is 19.6 Å². The van der Waals surface area contributed by atoms with Crippen LogP contribution in [0.3, 0.4) is 0 Å². The molecule has 1 nitrogen and oxygen atoms in total. The molecule has 0 unspecified atom stereocenters. The van der Waals surface area contributed by atoms with Gasteiger partial charge >= 0.3 is 0 Å². The van der Waals surface area contributed by atoms with Crippen LogP contribution in [0.15, 0.2) is 25.0 Å². The van der Waals surface area contributed by atoms with Gasteiger partial charge in [-0.1, -0.05) is 12.7 Å². The van der Waals surface area contributed by atoms with Crippen molar-refractivity contribution in [1.29, 1.82) is 0 Å². The molecule has 0 N–H and O–H groups in total. The van der Waals surface area contributed by atoms with Crippen molar-refractivity contribution in [3.05, 3.63) is 25.0 Å². The molecule has 9 heavy (non-hydrogen) atoms.